The van der Waals surface area contributed by atoms with Crippen LogP contribution in [0.2, 0.25) is 0 Å². The van der Waals surface area contributed by atoms with Crippen molar-refractivity contribution in [2.45, 2.75) is 39.9 Å². The number of pyridine rings is 1. The lowest BCUT2D eigenvalue weighted by molar-refractivity contribution is -0.115. The number of likely N-dealkylation sites (N-methyl/N-ethyl adjacent to an activating group) is 1. The van der Waals surface area contributed by atoms with Crippen molar-refractivity contribution in [2.75, 3.05) is 36.5 Å². The lowest BCUT2D eigenvalue weighted by Crippen LogP contribution is -2.31. The summed E-state index contributed by atoms with van der Waals surface area (Å²) in [7, 11) is 1.86. The van der Waals surface area contributed by atoms with Crippen LogP contribution in [0.4, 0.5) is 15.2 Å². The average molecular weight is 445 g/mol. The van der Waals surface area contributed by atoms with Gasteiger partial charge in [-0.3, -0.25) is 14.7 Å². The van der Waals surface area contributed by atoms with E-state index in [2.05, 4.69) is 21.7 Å². The molecule has 166 valence electrons. The number of halogens is 1. The van der Waals surface area contributed by atoms with Crippen molar-refractivity contribution in [1.29, 1.82) is 0 Å². The number of anilines is 2. The molecular weight excluding hydrogens is 415 g/mol. The molecule has 0 saturated carbocycles. The van der Waals surface area contributed by atoms with Gasteiger partial charge in [-0.2, -0.15) is 0 Å². The number of hydrogen-bond acceptors (Lipinski definition) is 7. The molecule has 9 heteroatoms. The van der Waals surface area contributed by atoms with E-state index in [0.717, 1.165) is 21.4 Å². The number of rotatable bonds is 6. The van der Waals surface area contributed by atoms with E-state index in [4.69, 9.17) is 0 Å². The van der Waals surface area contributed by atoms with E-state index < -0.39 is 6.17 Å². The first-order valence-electron chi connectivity index (χ1n) is 10.5. The molecule has 0 aliphatic carbocycles. The van der Waals surface area contributed by atoms with Crippen LogP contribution in [0.3, 0.4) is 0 Å². The summed E-state index contributed by atoms with van der Waals surface area (Å²) in [4.78, 5) is 31.4. The van der Waals surface area contributed by atoms with Crippen molar-refractivity contribution in [3.63, 3.8) is 0 Å². The topological polar surface area (TPSA) is 64.9 Å². The number of carbonyl (C=O) groups is 1. The Bertz CT molecular complexity index is 957. The lowest BCUT2D eigenvalue weighted by Gasteiger charge is -2.22. The number of alkyl halides is 1. The highest BCUT2D eigenvalue weighted by Crippen LogP contribution is 2.32. The van der Waals surface area contributed by atoms with Crippen molar-refractivity contribution in [3.05, 3.63) is 46.5 Å². The van der Waals surface area contributed by atoms with E-state index in [1.54, 1.807) is 17.3 Å². The normalized spacial score (nSPS) is 18.4. The van der Waals surface area contributed by atoms with Gasteiger partial charge >= 0.3 is 0 Å². The summed E-state index contributed by atoms with van der Waals surface area (Å²) < 4.78 is 13.4. The number of hydrogen-bond donors (Lipinski definition) is 0. The number of nitrogens with zero attached hydrogens (tertiary/aromatic N) is 6. The zero-order valence-corrected chi connectivity index (χ0v) is 19.3. The molecule has 31 heavy (non-hydrogen) atoms. The van der Waals surface area contributed by atoms with E-state index in [-0.39, 0.29) is 5.91 Å². The molecule has 2 aliphatic heterocycles. The molecule has 7 nitrogen and oxygen atoms in total. The SMILES string of the molecule is C=NC1=C(N(C)Cc2ccc(N3CCC(F)C3)nc2)C(=O)N(c2cnc(C)s2)C1.CC. The van der Waals surface area contributed by atoms with Crippen molar-refractivity contribution < 1.29 is 9.18 Å². The van der Waals surface area contributed by atoms with Gasteiger partial charge in [0.25, 0.3) is 5.91 Å². The van der Waals surface area contributed by atoms with E-state index in [1.807, 2.05) is 49.8 Å². The summed E-state index contributed by atoms with van der Waals surface area (Å²) in [6, 6.07) is 3.88. The Kier molecular flexibility index (Phi) is 7.37. The maximum atomic E-state index is 13.4. The molecule has 2 aromatic heterocycles. The van der Waals surface area contributed by atoms with Gasteiger partial charge in [0.15, 0.2) is 0 Å². The largest absolute Gasteiger partial charge is 0.364 e. The zero-order chi connectivity index (χ0) is 22.5. The summed E-state index contributed by atoms with van der Waals surface area (Å²) in [6.45, 7) is 11.5. The van der Waals surface area contributed by atoms with Gasteiger partial charge in [0.2, 0.25) is 0 Å². The van der Waals surface area contributed by atoms with Gasteiger partial charge in [0, 0.05) is 26.3 Å². The lowest BCUT2D eigenvalue weighted by atomic mass is 10.2. The first kappa shape index (κ1) is 22.9. The van der Waals surface area contributed by atoms with Gasteiger partial charge in [-0.25, -0.2) is 14.4 Å². The van der Waals surface area contributed by atoms with Crippen LogP contribution in [0.25, 0.3) is 0 Å². The summed E-state index contributed by atoms with van der Waals surface area (Å²) in [5.74, 6) is 0.682. The maximum absolute atomic E-state index is 13.4. The molecule has 2 aliphatic rings. The number of carbonyl (C=O) groups excluding carboxylic acids is 1. The maximum Gasteiger partial charge on any atom is 0.277 e. The Balaban J connectivity index is 0.00000132. The molecule has 1 amide bonds. The molecule has 0 bridgehead atoms. The highest BCUT2D eigenvalue weighted by Gasteiger charge is 2.34. The van der Waals surface area contributed by atoms with E-state index >= 15 is 0 Å². The third-order valence-corrected chi connectivity index (χ3v) is 6.10. The molecule has 0 aromatic carbocycles. The zero-order valence-electron chi connectivity index (χ0n) is 18.5. The van der Waals surface area contributed by atoms with Crippen LogP contribution in [0, 0.1) is 6.92 Å². The molecular formula is C22H29FN6OS. The van der Waals surface area contributed by atoms with Crippen LogP contribution in [0.1, 0.15) is 30.8 Å². The van der Waals surface area contributed by atoms with Gasteiger partial charge < -0.3 is 9.80 Å². The van der Waals surface area contributed by atoms with Gasteiger partial charge in [-0.15, -0.1) is 11.3 Å². The van der Waals surface area contributed by atoms with Crippen molar-refractivity contribution >= 4 is 34.8 Å². The molecule has 1 atom stereocenters. The molecule has 4 rings (SSSR count). The highest BCUT2D eigenvalue weighted by molar-refractivity contribution is 7.15. The fourth-order valence-electron chi connectivity index (χ4n) is 3.69. The van der Waals surface area contributed by atoms with Crippen molar-refractivity contribution in [2.24, 2.45) is 4.99 Å². The van der Waals surface area contributed by atoms with Gasteiger partial charge in [-0.05, 0) is 31.7 Å². The minimum atomic E-state index is -0.780. The number of aliphatic imine (C=N–C) groups is 1. The Labute approximate surface area is 186 Å². The van der Waals surface area contributed by atoms with Gasteiger partial charge in [-0.1, -0.05) is 19.9 Å². The average Bonchev–Trinajstić information content (AvgIpc) is 3.48. The second-order valence-electron chi connectivity index (χ2n) is 7.27. The number of amides is 1. The van der Waals surface area contributed by atoms with Crippen LogP contribution in [0.15, 0.2) is 40.9 Å². The molecule has 4 heterocycles. The molecule has 2 aromatic rings. The van der Waals surface area contributed by atoms with Crippen LogP contribution < -0.4 is 9.80 Å². The molecule has 0 spiro atoms. The molecule has 0 N–H and O–H groups in total. The number of aryl methyl sites for hydroxylation is 1. The van der Waals surface area contributed by atoms with Crippen LogP contribution in [0.5, 0.6) is 0 Å². The quantitative estimate of drug-likeness (QED) is 0.634. The molecule has 1 saturated heterocycles. The fourth-order valence-corrected chi connectivity index (χ4v) is 4.46. The highest BCUT2D eigenvalue weighted by atomic mass is 32.1. The van der Waals surface area contributed by atoms with Crippen LogP contribution in [-0.4, -0.2) is 60.3 Å². The Morgan fingerprint density at radius 1 is 1.32 bits per heavy atom. The smallest absolute Gasteiger partial charge is 0.277 e. The minimum absolute atomic E-state index is 0.103. The van der Waals surface area contributed by atoms with Crippen LogP contribution >= 0.6 is 11.3 Å². The molecule has 1 fully saturated rings. The van der Waals surface area contributed by atoms with E-state index in [9.17, 15) is 9.18 Å². The summed E-state index contributed by atoms with van der Waals surface area (Å²) in [6.07, 6.45) is 3.26. The predicted molar refractivity (Wildman–Crippen MR) is 125 cm³/mol. The standard InChI is InChI=1S/C20H23FN6OS.C2H6/c1-13-23-9-18(29-13)27-12-16(22-2)19(20(27)28)25(3)10-14-4-5-17(24-8-14)26-7-6-15(21)11-26;1-2/h4-5,8-9,15H,2,6-7,10-12H2,1,3H3;1-2H3. The monoisotopic (exact) mass is 444 g/mol. The Morgan fingerprint density at radius 3 is 2.65 bits per heavy atom. The third kappa shape index (κ3) is 4.92. The minimum Gasteiger partial charge on any atom is -0.364 e. The van der Waals surface area contributed by atoms with Crippen molar-refractivity contribution in [1.82, 2.24) is 14.9 Å². The summed E-state index contributed by atoms with van der Waals surface area (Å²) >= 11 is 1.48. The summed E-state index contributed by atoms with van der Waals surface area (Å²) in [5, 5.41) is 1.71. The van der Waals surface area contributed by atoms with Crippen LogP contribution in [-0.2, 0) is 11.3 Å². The van der Waals surface area contributed by atoms with E-state index in [0.29, 0.717) is 44.0 Å². The molecule has 0 radical (unpaired) electrons. The first-order valence-corrected chi connectivity index (χ1v) is 11.3. The fraction of sp³-hybridized carbons (Fsp3) is 0.455. The Hall–Kier alpha value is -2.81. The molecule has 1 unspecified atom stereocenters. The second-order valence-corrected chi connectivity index (χ2v) is 8.49. The van der Waals surface area contributed by atoms with Gasteiger partial charge in [0.05, 0.1) is 30.0 Å². The van der Waals surface area contributed by atoms with E-state index in [1.165, 1.54) is 11.3 Å². The Morgan fingerprint density at radius 2 is 2.10 bits per heavy atom. The second kappa shape index (κ2) is 10.00. The number of aromatic nitrogens is 2. The first-order chi connectivity index (χ1) is 15.0. The number of thiazole rings is 1. The van der Waals surface area contributed by atoms with Gasteiger partial charge in [0.1, 0.15) is 22.7 Å². The summed E-state index contributed by atoms with van der Waals surface area (Å²) in [5.41, 5.74) is 2.15. The third-order valence-electron chi connectivity index (χ3n) is 5.16. The van der Waals surface area contributed by atoms with Crippen molar-refractivity contribution in [3.8, 4) is 0 Å². The predicted octanol–water partition coefficient (Wildman–Crippen LogP) is 3.81.